The molecule has 0 aliphatic rings. The molecule has 1 aromatic carbocycles. The zero-order valence-electron chi connectivity index (χ0n) is 9.92. The molecule has 0 radical (unpaired) electrons. The van der Waals surface area contributed by atoms with Crippen molar-refractivity contribution in [2.24, 2.45) is 7.05 Å². The predicted octanol–water partition coefficient (Wildman–Crippen LogP) is 2.62. The number of allylic oxidation sites excluding steroid dienone is 1. The summed E-state index contributed by atoms with van der Waals surface area (Å²) in [6.07, 6.45) is 6.93. The molecule has 0 fully saturated rings. The molecule has 0 aliphatic carbocycles. The maximum Gasteiger partial charge on any atom is 0.185 e. The molecule has 0 spiro atoms. The van der Waals surface area contributed by atoms with Crippen LogP contribution in [0.1, 0.15) is 21.5 Å². The first-order chi connectivity index (χ1) is 8.15. The van der Waals surface area contributed by atoms with Gasteiger partial charge in [0.05, 0.1) is 6.20 Å². The lowest BCUT2D eigenvalue weighted by molar-refractivity contribution is 0.104. The third-order valence-electron chi connectivity index (χ3n) is 2.45. The Morgan fingerprint density at radius 3 is 2.88 bits per heavy atom. The monoisotopic (exact) mass is 226 g/mol. The highest BCUT2D eigenvalue weighted by molar-refractivity contribution is 6.06. The van der Waals surface area contributed by atoms with Crippen molar-refractivity contribution in [3.05, 3.63) is 59.4 Å². The molecule has 0 saturated heterocycles. The van der Waals surface area contributed by atoms with Crippen LogP contribution in [-0.2, 0) is 7.05 Å². The number of hydrogen-bond acceptors (Lipinski definition) is 2. The molecule has 3 nitrogen and oxygen atoms in total. The Bertz CT molecular complexity index is 567. The summed E-state index contributed by atoms with van der Waals surface area (Å²) >= 11 is 0. The van der Waals surface area contributed by atoms with E-state index in [1.54, 1.807) is 23.0 Å². The maximum absolute atomic E-state index is 11.9. The quantitative estimate of drug-likeness (QED) is 0.595. The SMILES string of the molecule is Cc1cccc(C(=O)C=Cc2cnn(C)c2)c1. The fourth-order valence-electron chi connectivity index (χ4n) is 1.59. The number of carbonyl (C=O) groups is 1. The molecule has 1 aromatic heterocycles. The van der Waals surface area contributed by atoms with Gasteiger partial charge in [-0.2, -0.15) is 5.10 Å². The van der Waals surface area contributed by atoms with Gasteiger partial charge < -0.3 is 0 Å². The van der Waals surface area contributed by atoms with E-state index in [4.69, 9.17) is 0 Å². The number of aromatic nitrogens is 2. The van der Waals surface area contributed by atoms with Crippen molar-refractivity contribution in [2.45, 2.75) is 6.92 Å². The minimum atomic E-state index is 0.0116. The second kappa shape index (κ2) is 4.78. The first kappa shape index (κ1) is 11.3. The lowest BCUT2D eigenvalue weighted by Gasteiger charge is -1.96. The normalized spacial score (nSPS) is 10.9. The average Bonchev–Trinajstić information content (AvgIpc) is 2.72. The third-order valence-corrected chi connectivity index (χ3v) is 2.45. The molecule has 0 unspecified atom stereocenters. The Morgan fingerprint density at radius 1 is 1.41 bits per heavy atom. The van der Waals surface area contributed by atoms with Crippen LogP contribution in [0.4, 0.5) is 0 Å². The fourth-order valence-corrected chi connectivity index (χ4v) is 1.59. The Labute approximate surface area is 100 Å². The third kappa shape index (κ3) is 2.91. The van der Waals surface area contributed by atoms with E-state index in [9.17, 15) is 4.79 Å². The second-order valence-electron chi connectivity index (χ2n) is 4.01. The molecule has 86 valence electrons. The van der Waals surface area contributed by atoms with Crippen molar-refractivity contribution in [1.29, 1.82) is 0 Å². The molecule has 0 atom stereocenters. The highest BCUT2D eigenvalue weighted by Gasteiger charge is 2.01. The van der Waals surface area contributed by atoms with E-state index in [2.05, 4.69) is 5.10 Å². The van der Waals surface area contributed by atoms with E-state index < -0.39 is 0 Å². The topological polar surface area (TPSA) is 34.9 Å². The molecule has 2 aromatic rings. The molecule has 17 heavy (non-hydrogen) atoms. The molecular weight excluding hydrogens is 212 g/mol. The summed E-state index contributed by atoms with van der Waals surface area (Å²) in [6.45, 7) is 1.97. The molecule has 0 saturated carbocycles. The summed E-state index contributed by atoms with van der Waals surface area (Å²) in [5.74, 6) is 0.0116. The van der Waals surface area contributed by atoms with Crippen molar-refractivity contribution in [2.75, 3.05) is 0 Å². The van der Waals surface area contributed by atoms with Crippen LogP contribution in [0, 0.1) is 6.92 Å². The number of aryl methyl sites for hydroxylation is 2. The van der Waals surface area contributed by atoms with Crippen molar-refractivity contribution in [1.82, 2.24) is 9.78 Å². The molecule has 1 heterocycles. The van der Waals surface area contributed by atoms with Gasteiger partial charge in [0.15, 0.2) is 5.78 Å². The molecular formula is C14H14N2O. The van der Waals surface area contributed by atoms with E-state index in [-0.39, 0.29) is 5.78 Å². The molecule has 0 bridgehead atoms. The van der Waals surface area contributed by atoms with Crippen LogP contribution in [0.2, 0.25) is 0 Å². The largest absolute Gasteiger partial charge is 0.289 e. The number of hydrogen-bond donors (Lipinski definition) is 0. The van der Waals surface area contributed by atoms with Gasteiger partial charge in [-0.1, -0.05) is 23.8 Å². The number of carbonyl (C=O) groups excluding carboxylic acids is 1. The summed E-state index contributed by atoms with van der Waals surface area (Å²) in [4.78, 5) is 11.9. The van der Waals surface area contributed by atoms with Crippen LogP contribution in [0.3, 0.4) is 0 Å². The van der Waals surface area contributed by atoms with Crippen LogP contribution in [0.5, 0.6) is 0 Å². The Balaban J connectivity index is 2.14. The smallest absolute Gasteiger partial charge is 0.185 e. The lowest BCUT2D eigenvalue weighted by atomic mass is 10.1. The summed E-state index contributed by atoms with van der Waals surface area (Å²) in [5, 5.41) is 4.04. The Hall–Kier alpha value is -2.16. The zero-order chi connectivity index (χ0) is 12.3. The molecule has 0 amide bonds. The highest BCUT2D eigenvalue weighted by Crippen LogP contribution is 2.07. The maximum atomic E-state index is 11.9. The summed E-state index contributed by atoms with van der Waals surface area (Å²) in [6, 6.07) is 7.57. The van der Waals surface area contributed by atoms with Gasteiger partial charge in [0.1, 0.15) is 0 Å². The minimum Gasteiger partial charge on any atom is -0.289 e. The van der Waals surface area contributed by atoms with Crippen molar-refractivity contribution in [3.8, 4) is 0 Å². The van der Waals surface area contributed by atoms with Crippen molar-refractivity contribution >= 4 is 11.9 Å². The highest BCUT2D eigenvalue weighted by atomic mass is 16.1. The van der Waals surface area contributed by atoms with Crippen molar-refractivity contribution < 1.29 is 4.79 Å². The van der Waals surface area contributed by atoms with Crippen LogP contribution in [0.25, 0.3) is 6.08 Å². The number of benzene rings is 1. The van der Waals surface area contributed by atoms with Crippen molar-refractivity contribution in [3.63, 3.8) is 0 Å². The van der Waals surface area contributed by atoms with E-state index in [0.29, 0.717) is 5.56 Å². The van der Waals surface area contributed by atoms with Crippen LogP contribution in [-0.4, -0.2) is 15.6 Å². The summed E-state index contributed by atoms with van der Waals surface area (Å²) < 4.78 is 1.71. The minimum absolute atomic E-state index is 0.0116. The first-order valence-electron chi connectivity index (χ1n) is 5.43. The van der Waals surface area contributed by atoms with Gasteiger partial charge in [0.25, 0.3) is 0 Å². The molecule has 0 aliphatic heterocycles. The van der Waals surface area contributed by atoms with Gasteiger partial charge in [0.2, 0.25) is 0 Å². The standard InChI is InChI=1S/C14H14N2O/c1-11-4-3-5-13(8-11)14(17)7-6-12-9-15-16(2)10-12/h3-10H,1-2H3. The van der Waals surface area contributed by atoms with E-state index in [1.807, 2.05) is 44.4 Å². The summed E-state index contributed by atoms with van der Waals surface area (Å²) in [7, 11) is 1.85. The fraction of sp³-hybridized carbons (Fsp3) is 0.143. The lowest BCUT2D eigenvalue weighted by Crippen LogP contribution is -1.93. The van der Waals surface area contributed by atoms with Gasteiger partial charge in [0, 0.05) is 24.4 Å². The molecule has 2 rings (SSSR count). The number of nitrogens with zero attached hydrogens (tertiary/aromatic N) is 2. The van der Waals surface area contributed by atoms with Crippen LogP contribution >= 0.6 is 0 Å². The van der Waals surface area contributed by atoms with Gasteiger partial charge in [-0.05, 0) is 25.1 Å². The summed E-state index contributed by atoms with van der Waals surface area (Å²) in [5.41, 5.74) is 2.73. The average molecular weight is 226 g/mol. The molecule has 3 heteroatoms. The van der Waals surface area contributed by atoms with E-state index in [0.717, 1.165) is 11.1 Å². The predicted molar refractivity (Wildman–Crippen MR) is 67.8 cm³/mol. The van der Waals surface area contributed by atoms with Gasteiger partial charge in [-0.25, -0.2) is 0 Å². The first-order valence-corrected chi connectivity index (χ1v) is 5.43. The van der Waals surface area contributed by atoms with Gasteiger partial charge in [-0.3, -0.25) is 9.48 Å². The van der Waals surface area contributed by atoms with Gasteiger partial charge >= 0.3 is 0 Å². The van der Waals surface area contributed by atoms with E-state index >= 15 is 0 Å². The molecule has 0 N–H and O–H groups in total. The van der Waals surface area contributed by atoms with Gasteiger partial charge in [-0.15, -0.1) is 0 Å². The number of rotatable bonds is 3. The zero-order valence-corrected chi connectivity index (χ0v) is 9.92. The second-order valence-corrected chi connectivity index (χ2v) is 4.01. The Kier molecular flexibility index (Phi) is 3.19. The Morgan fingerprint density at radius 2 is 2.24 bits per heavy atom. The number of ketones is 1. The van der Waals surface area contributed by atoms with Crippen LogP contribution < -0.4 is 0 Å². The van der Waals surface area contributed by atoms with Crippen LogP contribution in [0.15, 0.2) is 42.7 Å². The van der Waals surface area contributed by atoms with E-state index in [1.165, 1.54) is 0 Å².